The van der Waals surface area contributed by atoms with Crippen LogP contribution in [-0.2, 0) is 14.4 Å². The largest absolute Gasteiger partial charge is 0.481 e. The molecule has 98 valence electrons. The van der Waals surface area contributed by atoms with Crippen molar-refractivity contribution >= 4 is 17.8 Å². The van der Waals surface area contributed by atoms with Crippen LogP contribution in [0.5, 0.6) is 0 Å². The van der Waals surface area contributed by atoms with Gasteiger partial charge in [-0.3, -0.25) is 9.59 Å². The van der Waals surface area contributed by atoms with Gasteiger partial charge in [0.05, 0.1) is 6.04 Å². The Morgan fingerprint density at radius 2 is 1.76 bits per heavy atom. The number of carbonyl (C=O) groups excluding carboxylic acids is 1. The molecule has 0 aliphatic carbocycles. The van der Waals surface area contributed by atoms with Crippen molar-refractivity contribution < 1.29 is 24.6 Å². The van der Waals surface area contributed by atoms with E-state index in [-0.39, 0.29) is 25.8 Å². The fraction of sp³-hybridized carbons (Fsp3) is 0.667. The predicted molar refractivity (Wildman–Crippen MR) is 58.1 cm³/mol. The fourth-order valence-electron chi connectivity index (χ4n) is 1.11. The van der Waals surface area contributed by atoms with E-state index in [1.807, 2.05) is 0 Å². The van der Waals surface area contributed by atoms with E-state index in [0.29, 0.717) is 0 Å². The van der Waals surface area contributed by atoms with Crippen LogP contribution >= 0.6 is 0 Å². The van der Waals surface area contributed by atoms with Crippen LogP contribution in [0.2, 0.25) is 0 Å². The van der Waals surface area contributed by atoms with Gasteiger partial charge in [-0.25, -0.2) is 4.79 Å². The van der Waals surface area contributed by atoms with Gasteiger partial charge in [-0.2, -0.15) is 0 Å². The minimum Gasteiger partial charge on any atom is -0.481 e. The molecule has 0 aromatic rings. The Balaban J connectivity index is 4.20. The molecule has 0 aromatic heterocycles. The second-order valence-corrected chi connectivity index (χ2v) is 3.52. The third kappa shape index (κ3) is 6.48. The van der Waals surface area contributed by atoms with Gasteiger partial charge in [0, 0.05) is 6.42 Å². The van der Waals surface area contributed by atoms with Crippen molar-refractivity contribution in [3.8, 4) is 0 Å². The Labute approximate surface area is 98.0 Å². The normalized spacial score (nSPS) is 13.8. The van der Waals surface area contributed by atoms with Crippen molar-refractivity contribution in [3.05, 3.63) is 0 Å². The molecule has 0 rings (SSSR count). The number of nitrogens with two attached hydrogens (primary N) is 2. The molecular formula is C9H17N3O5. The van der Waals surface area contributed by atoms with Crippen LogP contribution in [0.4, 0.5) is 0 Å². The van der Waals surface area contributed by atoms with Crippen molar-refractivity contribution in [2.45, 2.75) is 31.3 Å². The average molecular weight is 247 g/mol. The Kier molecular flexibility index (Phi) is 6.83. The molecule has 0 spiro atoms. The molecule has 0 unspecified atom stereocenters. The minimum absolute atomic E-state index is 0.0455. The maximum atomic E-state index is 11.4. The number of carbonyl (C=O) groups is 3. The molecule has 8 heteroatoms. The summed E-state index contributed by atoms with van der Waals surface area (Å²) in [5, 5.41) is 19.4. The standard InChI is InChI=1S/C9H17N3O5/c10-4-3-6(9(16)17)12-8(15)5(11)1-2-7(13)14/h5-6H,1-4,10-11H2,(H,12,15)(H,13,14)(H,16,17)/t5-,6-/m0/s1. The van der Waals surface area contributed by atoms with Gasteiger partial charge in [0.2, 0.25) is 5.91 Å². The monoisotopic (exact) mass is 247 g/mol. The third-order valence-electron chi connectivity index (χ3n) is 2.08. The molecule has 0 aliphatic rings. The van der Waals surface area contributed by atoms with Gasteiger partial charge < -0.3 is 27.0 Å². The topological polar surface area (TPSA) is 156 Å². The van der Waals surface area contributed by atoms with Crippen molar-refractivity contribution in [1.82, 2.24) is 5.32 Å². The number of nitrogens with one attached hydrogen (secondary N) is 1. The lowest BCUT2D eigenvalue weighted by Crippen LogP contribution is -2.49. The molecule has 0 radical (unpaired) electrons. The van der Waals surface area contributed by atoms with E-state index in [0.717, 1.165) is 0 Å². The summed E-state index contributed by atoms with van der Waals surface area (Å²) in [6.07, 6.45) is -0.202. The third-order valence-corrected chi connectivity index (χ3v) is 2.08. The van der Waals surface area contributed by atoms with Gasteiger partial charge in [-0.05, 0) is 19.4 Å². The Bertz CT molecular complexity index is 294. The molecule has 8 nitrogen and oxygen atoms in total. The van der Waals surface area contributed by atoms with E-state index in [4.69, 9.17) is 21.7 Å². The van der Waals surface area contributed by atoms with Crippen LogP contribution in [0, 0.1) is 0 Å². The molecule has 0 heterocycles. The number of aliphatic carboxylic acids is 2. The number of hydrogen-bond donors (Lipinski definition) is 5. The molecule has 1 amide bonds. The molecule has 2 atom stereocenters. The summed E-state index contributed by atoms with van der Waals surface area (Å²) >= 11 is 0. The number of carboxylic acids is 2. The molecule has 0 bridgehead atoms. The highest BCUT2D eigenvalue weighted by Gasteiger charge is 2.22. The second kappa shape index (κ2) is 7.58. The zero-order valence-corrected chi connectivity index (χ0v) is 9.26. The minimum atomic E-state index is -1.20. The molecular weight excluding hydrogens is 230 g/mol. The van der Waals surface area contributed by atoms with Crippen molar-refractivity contribution in [1.29, 1.82) is 0 Å². The summed E-state index contributed by atoms with van der Waals surface area (Å²) < 4.78 is 0. The van der Waals surface area contributed by atoms with E-state index in [1.54, 1.807) is 0 Å². The first-order valence-electron chi connectivity index (χ1n) is 5.09. The molecule has 0 aromatic carbocycles. The molecule has 0 aliphatic heterocycles. The number of rotatable bonds is 8. The predicted octanol–water partition coefficient (Wildman–Crippen LogP) is -1.90. The van der Waals surface area contributed by atoms with Crippen LogP contribution in [0.1, 0.15) is 19.3 Å². The SMILES string of the molecule is NCC[C@H](NC(=O)[C@@H](N)CCC(=O)O)C(=O)O. The maximum absolute atomic E-state index is 11.4. The lowest BCUT2D eigenvalue weighted by atomic mass is 10.1. The van der Waals surface area contributed by atoms with Crippen LogP contribution in [0.25, 0.3) is 0 Å². The highest BCUT2D eigenvalue weighted by Crippen LogP contribution is 1.97. The van der Waals surface area contributed by atoms with Gasteiger partial charge in [0.25, 0.3) is 0 Å². The molecule has 0 saturated heterocycles. The summed E-state index contributed by atoms with van der Waals surface area (Å²) in [7, 11) is 0. The summed E-state index contributed by atoms with van der Waals surface area (Å²) in [5.41, 5.74) is 10.6. The summed E-state index contributed by atoms with van der Waals surface area (Å²) in [6.45, 7) is 0.113. The van der Waals surface area contributed by atoms with Crippen LogP contribution in [0.15, 0.2) is 0 Å². The maximum Gasteiger partial charge on any atom is 0.326 e. The van der Waals surface area contributed by atoms with Gasteiger partial charge in [0.15, 0.2) is 0 Å². The number of hydrogen-bond acceptors (Lipinski definition) is 5. The van der Waals surface area contributed by atoms with E-state index in [2.05, 4.69) is 5.32 Å². The smallest absolute Gasteiger partial charge is 0.326 e. The van der Waals surface area contributed by atoms with Crippen molar-refractivity contribution in [2.24, 2.45) is 11.5 Å². The highest BCUT2D eigenvalue weighted by atomic mass is 16.4. The van der Waals surface area contributed by atoms with Crippen LogP contribution in [0.3, 0.4) is 0 Å². The Hall–Kier alpha value is -1.67. The zero-order chi connectivity index (χ0) is 13.4. The first-order valence-corrected chi connectivity index (χ1v) is 5.09. The lowest BCUT2D eigenvalue weighted by Gasteiger charge is -2.16. The second-order valence-electron chi connectivity index (χ2n) is 3.52. The van der Waals surface area contributed by atoms with Gasteiger partial charge in [-0.15, -0.1) is 0 Å². The molecule has 7 N–H and O–H groups in total. The van der Waals surface area contributed by atoms with Crippen molar-refractivity contribution in [2.75, 3.05) is 6.54 Å². The number of carboxylic acid groups (broad SMARTS) is 2. The van der Waals surface area contributed by atoms with Crippen LogP contribution in [-0.4, -0.2) is 46.7 Å². The highest BCUT2D eigenvalue weighted by molar-refractivity contribution is 5.87. The summed E-state index contributed by atoms with van der Waals surface area (Å²) in [6, 6.07) is -2.13. The quantitative estimate of drug-likeness (QED) is 0.335. The van der Waals surface area contributed by atoms with Gasteiger partial charge >= 0.3 is 11.9 Å². The van der Waals surface area contributed by atoms with Crippen LogP contribution < -0.4 is 16.8 Å². The first kappa shape index (κ1) is 15.3. The van der Waals surface area contributed by atoms with Gasteiger partial charge in [0.1, 0.15) is 6.04 Å². The van der Waals surface area contributed by atoms with E-state index >= 15 is 0 Å². The first-order chi connectivity index (χ1) is 7.88. The average Bonchev–Trinajstić information content (AvgIpc) is 2.24. The molecule has 0 saturated carbocycles. The molecule has 0 fully saturated rings. The Morgan fingerprint density at radius 1 is 1.18 bits per heavy atom. The number of amides is 1. The zero-order valence-electron chi connectivity index (χ0n) is 9.26. The lowest BCUT2D eigenvalue weighted by molar-refractivity contribution is -0.142. The van der Waals surface area contributed by atoms with Gasteiger partial charge in [-0.1, -0.05) is 0 Å². The molecule has 17 heavy (non-hydrogen) atoms. The summed E-state index contributed by atoms with van der Waals surface area (Å²) in [5.74, 6) is -2.95. The summed E-state index contributed by atoms with van der Waals surface area (Å²) in [4.78, 5) is 32.4. The van der Waals surface area contributed by atoms with E-state index in [9.17, 15) is 14.4 Å². The fourth-order valence-corrected chi connectivity index (χ4v) is 1.11. The van der Waals surface area contributed by atoms with E-state index < -0.39 is 29.9 Å². The van der Waals surface area contributed by atoms with Crippen molar-refractivity contribution in [3.63, 3.8) is 0 Å². The Morgan fingerprint density at radius 3 is 2.18 bits per heavy atom. The van der Waals surface area contributed by atoms with E-state index in [1.165, 1.54) is 0 Å².